The van der Waals surface area contributed by atoms with Crippen LogP contribution in [0.25, 0.3) is 5.69 Å². The fourth-order valence-electron chi connectivity index (χ4n) is 4.25. The van der Waals surface area contributed by atoms with Gasteiger partial charge in [0.15, 0.2) is 0 Å². The van der Waals surface area contributed by atoms with Crippen LogP contribution in [0.3, 0.4) is 0 Å². The molecule has 1 aliphatic heterocycles. The van der Waals surface area contributed by atoms with Crippen LogP contribution in [0.15, 0.2) is 60.9 Å². The molecule has 0 radical (unpaired) electrons. The lowest BCUT2D eigenvalue weighted by atomic mass is 9.82. The summed E-state index contributed by atoms with van der Waals surface area (Å²) in [6.07, 6.45) is 3.83. The van der Waals surface area contributed by atoms with Gasteiger partial charge in [-0.2, -0.15) is 5.10 Å². The molecular weight excluding hydrogens is 406 g/mol. The lowest BCUT2D eigenvalue weighted by Crippen LogP contribution is -2.41. The van der Waals surface area contributed by atoms with Gasteiger partial charge < -0.3 is 9.64 Å². The molecule has 32 heavy (non-hydrogen) atoms. The number of hydrogen-bond donors (Lipinski definition) is 0. The van der Waals surface area contributed by atoms with Crippen molar-refractivity contribution >= 4 is 5.91 Å². The van der Waals surface area contributed by atoms with Crippen LogP contribution in [0, 0.1) is 0 Å². The minimum absolute atomic E-state index is 0.0434. The number of nitrogens with zero attached hydrogens (tertiary/aromatic N) is 7. The van der Waals surface area contributed by atoms with Crippen LogP contribution in [-0.2, 0) is 7.05 Å². The molecule has 0 bridgehead atoms. The van der Waals surface area contributed by atoms with Crippen LogP contribution in [0.2, 0.25) is 0 Å². The molecule has 162 valence electrons. The Labute approximate surface area is 185 Å². The van der Waals surface area contributed by atoms with Crippen LogP contribution in [0.5, 0.6) is 5.75 Å². The molecule has 0 spiro atoms. The molecule has 2 aromatic carbocycles. The predicted octanol–water partition coefficient (Wildman–Crippen LogP) is 2.75. The predicted molar refractivity (Wildman–Crippen MR) is 117 cm³/mol. The summed E-state index contributed by atoms with van der Waals surface area (Å²) in [5.74, 6) is 0.563. The maximum atomic E-state index is 13.5. The van der Waals surface area contributed by atoms with E-state index in [0.29, 0.717) is 6.54 Å². The Morgan fingerprint density at radius 1 is 1.12 bits per heavy atom. The fraction of sp³-hybridized carbons (Fsp3) is 0.261. The second-order valence-corrected chi connectivity index (χ2v) is 7.87. The highest BCUT2D eigenvalue weighted by Gasteiger charge is 2.36. The van der Waals surface area contributed by atoms with Crippen molar-refractivity contribution < 1.29 is 9.53 Å². The number of para-hydroxylation sites is 1. The van der Waals surface area contributed by atoms with Crippen LogP contribution in [0.1, 0.15) is 46.2 Å². The largest absolute Gasteiger partial charge is 0.497 e. The standard InChI is InChI=1S/C23H23N7O2/c1-15-19-10-9-18(32-3)11-20(19)21(16-12-24-28(2)13-16)14-29(15)23(31)22-25-27-30(26-22)17-7-5-4-6-8-17/h4-13,15,21H,14H2,1-3H3. The van der Waals surface area contributed by atoms with E-state index in [9.17, 15) is 4.79 Å². The van der Waals surface area contributed by atoms with E-state index in [2.05, 4.69) is 26.6 Å². The summed E-state index contributed by atoms with van der Waals surface area (Å²) < 4.78 is 7.23. The Hall–Kier alpha value is -4.01. The number of methoxy groups -OCH3 is 1. The van der Waals surface area contributed by atoms with Crippen molar-refractivity contribution in [2.24, 2.45) is 7.05 Å². The Morgan fingerprint density at radius 2 is 1.94 bits per heavy atom. The van der Waals surface area contributed by atoms with Crippen molar-refractivity contribution in [1.82, 2.24) is 34.9 Å². The number of fused-ring (bicyclic) bond motifs is 1. The van der Waals surface area contributed by atoms with Crippen molar-refractivity contribution in [1.29, 1.82) is 0 Å². The first kappa shape index (κ1) is 19.9. The normalized spacial score (nSPS) is 17.8. The van der Waals surface area contributed by atoms with Gasteiger partial charge in [-0.1, -0.05) is 24.3 Å². The number of carbonyl (C=O) groups excluding carboxylic acids is 1. The number of amides is 1. The number of aromatic nitrogens is 6. The smallest absolute Gasteiger partial charge is 0.296 e. The quantitative estimate of drug-likeness (QED) is 0.495. The highest BCUT2D eigenvalue weighted by molar-refractivity contribution is 5.91. The monoisotopic (exact) mass is 429 g/mol. The number of benzene rings is 2. The minimum atomic E-state index is -0.255. The lowest BCUT2D eigenvalue weighted by Gasteiger charge is -2.39. The molecule has 0 saturated carbocycles. The second kappa shape index (κ2) is 7.92. The van der Waals surface area contributed by atoms with E-state index in [1.807, 2.05) is 68.8 Å². The molecule has 2 atom stereocenters. The van der Waals surface area contributed by atoms with Gasteiger partial charge in [-0.3, -0.25) is 9.48 Å². The first-order chi connectivity index (χ1) is 15.5. The topological polar surface area (TPSA) is 91.0 Å². The molecule has 5 rings (SSSR count). The van der Waals surface area contributed by atoms with E-state index in [0.717, 1.165) is 28.1 Å². The second-order valence-electron chi connectivity index (χ2n) is 7.87. The van der Waals surface area contributed by atoms with E-state index in [1.165, 1.54) is 4.80 Å². The van der Waals surface area contributed by atoms with Gasteiger partial charge in [0.05, 0.1) is 25.0 Å². The van der Waals surface area contributed by atoms with Crippen molar-refractivity contribution in [2.75, 3.05) is 13.7 Å². The number of ether oxygens (including phenoxy) is 1. The highest BCUT2D eigenvalue weighted by atomic mass is 16.5. The van der Waals surface area contributed by atoms with Gasteiger partial charge in [0, 0.05) is 25.7 Å². The number of rotatable bonds is 4. The Bertz CT molecular complexity index is 1260. The van der Waals surface area contributed by atoms with Gasteiger partial charge in [0.25, 0.3) is 11.7 Å². The molecule has 3 heterocycles. The fourth-order valence-corrected chi connectivity index (χ4v) is 4.25. The summed E-state index contributed by atoms with van der Waals surface area (Å²) >= 11 is 0. The van der Waals surface area contributed by atoms with Crippen LogP contribution in [-0.4, -0.2) is 54.4 Å². The Balaban J connectivity index is 1.52. The van der Waals surface area contributed by atoms with E-state index < -0.39 is 0 Å². The summed E-state index contributed by atoms with van der Waals surface area (Å²) in [5.41, 5.74) is 3.98. The number of carbonyl (C=O) groups is 1. The van der Waals surface area contributed by atoms with Crippen LogP contribution >= 0.6 is 0 Å². The Kier molecular flexibility index (Phi) is 4.93. The third kappa shape index (κ3) is 3.41. The molecule has 9 nitrogen and oxygen atoms in total. The first-order valence-corrected chi connectivity index (χ1v) is 10.4. The molecule has 0 saturated heterocycles. The molecule has 2 unspecified atom stereocenters. The van der Waals surface area contributed by atoms with Crippen molar-refractivity contribution in [2.45, 2.75) is 18.9 Å². The van der Waals surface area contributed by atoms with Gasteiger partial charge in [0.1, 0.15) is 5.75 Å². The van der Waals surface area contributed by atoms with Gasteiger partial charge >= 0.3 is 0 Å². The number of hydrogen-bond acceptors (Lipinski definition) is 6. The van der Waals surface area contributed by atoms with Gasteiger partial charge in [-0.25, -0.2) is 0 Å². The van der Waals surface area contributed by atoms with E-state index in [1.54, 1.807) is 16.7 Å². The average Bonchev–Trinajstić information content (AvgIpc) is 3.49. The van der Waals surface area contributed by atoms with Gasteiger partial charge in [0.2, 0.25) is 0 Å². The summed E-state index contributed by atoms with van der Waals surface area (Å²) in [6, 6.07) is 15.3. The first-order valence-electron chi connectivity index (χ1n) is 10.4. The van der Waals surface area contributed by atoms with E-state index in [4.69, 9.17) is 4.74 Å². The maximum absolute atomic E-state index is 13.5. The molecule has 0 aliphatic carbocycles. The summed E-state index contributed by atoms with van der Waals surface area (Å²) in [6.45, 7) is 2.50. The van der Waals surface area contributed by atoms with Gasteiger partial charge in [-0.15, -0.1) is 15.0 Å². The summed E-state index contributed by atoms with van der Waals surface area (Å²) in [7, 11) is 3.54. The third-order valence-electron chi connectivity index (χ3n) is 5.95. The minimum Gasteiger partial charge on any atom is -0.497 e. The lowest BCUT2D eigenvalue weighted by molar-refractivity contribution is 0.0652. The summed E-state index contributed by atoms with van der Waals surface area (Å²) in [4.78, 5) is 16.7. The molecule has 9 heteroatoms. The number of aryl methyl sites for hydroxylation is 1. The molecular formula is C23H23N7O2. The van der Waals surface area contributed by atoms with Crippen molar-refractivity contribution in [3.8, 4) is 11.4 Å². The SMILES string of the molecule is COc1ccc2c(c1)C(c1cnn(C)c1)CN(C(=O)c1nnn(-c3ccccc3)n1)C2C. The summed E-state index contributed by atoms with van der Waals surface area (Å²) in [5, 5.41) is 16.8. The van der Waals surface area contributed by atoms with Crippen molar-refractivity contribution in [3.05, 3.63) is 83.4 Å². The molecule has 4 aromatic rings. The van der Waals surface area contributed by atoms with E-state index in [-0.39, 0.29) is 23.7 Å². The maximum Gasteiger partial charge on any atom is 0.296 e. The Morgan fingerprint density at radius 3 is 2.66 bits per heavy atom. The molecule has 0 fully saturated rings. The zero-order chi connectivity index (χ0) is 22.2. The van der Waals surface area contributed by atoms with Crippen LogP contribution in [0.4, 0.5) is 0 Å². The van der Waals surface area contributed by atoms with Crippen LogP contribution < -0.4 is 4.74 Å². The zero-order valence-corrected chi connectivity index (χ0v) is 18.1. The molecule has 1 aliphatic rings. The molecule has 2 aromatic heterocycles. The average molecular weight is 429 g/mol. The molecule has 0 N–H and O–H groups in total. The zero-order valence-electron chi connectivity index (χ0n) is 18.1. The van der Waals surface area contributed by atoms with Gasteiger partial charge in [-0.05, 0) is 53.1 Å². The third-order valence-corrected chi connectivity index (χ3v) is 5.95. The number of tetrazole rings is 1. The highest BCUT2D eigenvalue weighted by Crippen LogP contribution is 2.41. The molecule has 1 amide bonds. The van der Waals surface area contributed by atoms with Crippen molar-refractivity contribution in [3.63, 3.8) is 0 Å². The van der Waals surface area contributed by atoms with E-state index >= 15 is 0 Å².